The summed E-state index contributed by atoms with van der Waals surface area (Å²) in [5, 5.41) is 3.45. The highest BCUT2D eigenvalue weighted by atomic mass is 14.9. The fraction of sp³-hybridized carbons (Fsp3) is 0.400. The van der Waals surface area contributed by atoms with Crippen LogP contribution in [0.1, 0.15) is 48.6 Å². The molecule has 1 heteroatoms. The van der Waals surface area contributed by atoms with Gasteiger partial charge in [-0.15, -0.1) is 0 Å². The summed E-state index contributed by atoms with van der Waals surface area (Å²) in [5.41, 5.74) is 8.86. The lowest BCUT2D eigenvalue weighted by Crippen LogP contribution is -2.12. The van der Waals surface area contributed by atoms with E-state index >= 15 is 0 Å². The molecule has 2 aromatic rings. The van der Waals surface area contributed by atoms with Crippen molar-refractivity contribution in [1.29, 1.82) is 0 Å². The van der Waals surface area contributed by atoms with E-state index in [0.29, 0.717) is 6.04 Å². The van der Waals surface area contributed by atoms with Gasteiger partial charge in [-0.05, 0) is 66.1 Å². The number of fused-ring (bicyclic) bond motifs is 1. The van der Waals surface area contributed by atoms with Crippen LogP contribution in [0.15, 0.2) is 36.4 Å². The fourth-order valence-electron chi connectivity index (χ4n) is 3.61. The van der Waals surface area contributed by atoms with E-state index in [1.54, 1.807) is 5.56 Å². The summed E-state index contributed by atoms with van der Waals surface area (Å²) in [6.45, 7) is 4.49. The third-order valence-electron chi connectivity index (χ3n) is 4.87. The number of nitrogens with one attached hydrogen (secondary N) is 1. The first-order valence-electron chi connectivity index (χ1n) is 8.19. The quantitative estimate of drug-likeness (QED) is 0.856. The third-order valence-corrected chi connectivity index (χ3v) is 4.87. The summed E-state index contributed by atoms with van der Waals surface area (Å²) >= 11 is 0. The predicted octanol–water partition coefficient (Wildman–Crippen LogP) is 4.69. The molecule has 0 saturated carbocycles. The number of rotatable bonds is 4. The minimum Gasteiger partial charge on any atom is -0.313 e. The highest BCUT2D eigenvalue weighted by Gasteiger charge is 2.24. The van der Waals surface area contributed by atoms with Crippen LogP contribution in [0.2, 0.25) is 0 Å². The lowest BCUT2D eigenvalue weighted by atomic mass is 9.90. The standard InChI is InChI=1S/C20H25N/c1-4-14-9-10-15(5-2)19(13-14)16-7-6-8-18-17(16)11-12-20(18)21-3/h6-10,13,20-21H,4-5,11-12H2,1-3H3. The second-order valence-electron chi connectivity index (χ2n) is 5.95. The molecule has 0 aromatic heterocycles. The number of aryl methyl sites for hydroxylation is 2. The van der Waals surface area contributed by atoms with E-state index in [-0.39, 0.29) is 0 Å². The molecule has 1 nitrogen and oxygen atoms in total. The average Bonchev–Trinajstić information content (AvgIpc) is 2.97. The summed E-state index contributed by atoms with van der Waals surface area (Å²) in [4.78, 5) is 0. The van der Waals surface area contributed by atoms with E-state index in [2.05, 4.69) is 62.6 Å². The monoisotopic (exact) mass is 279 g/mol. The Balaban J connectivity index is 2.16. The fourth-order valence-corrected chi connectivity index (χ4v) is 3.61. The van der Waals surface area contributed by atoms with Gasteiger partial charge >= 0.3 is 0 Å². The first-order valence-corrected chi connectivity index (χ1v) is 8.19. The van der Waals surface area contributed by atoms with Gasteiger partial charge in [0, 0.05) is 6.04 Å². The Hall–Kier alpha value is -1.60. The third kappa shape index (κ3) is 2.51. The molecule has 0 heterocycles. The zero-order chi connectivity index (χ0) is 14.8. The topological polar surface area (TPSA) is 12.0 Å². The molecule has 2 aromatic carbocycles. The van der Waals surface area contributed by atoms with Crippen LogP contribution < -0.4 is 5.32 Å². The summed E-state index contributed by atoms with van der Waals surface area (Å²) < 4.78 is 0. The van der Waals surface area contributed by atoms with Gasteiger partial charge in [-0.3, -0.25) is 0 Å². The van der Waals surface area contributed by atoms with Crippen LogP contribution in [0.4, 0.5) is 0 Å². The van der Waals surface area contributed by atoms with E-state index in [1.165, 1.54) is 40.7 Å². The summed E-state index contributed by atoms with van der Waals surface area (Å²) in [5.74, 6) is 0. The van der Waals surface area contributed by atoms with Crippen molar-refractivity contribution in [2.45, 2.75) is 45.6 Å². The molecule has 0 saturated heterocycles. The van der Waals surface area contributed by atoms with Gasteiger partial charge < -0.3 is 5.32 Å². The molecular formula is C20H25N. The Morgan fingerprint density at radius 3 is 2.62 bits per heavy atom. The van der Waals surface area contributed by atoms with Crippen molar-refractivity contribution in [3.63, 3.8) is 0 Å². The predicted molar refractivity (Wildman–Crippen MR) is 90.8 cm³/mol. The lowest BCUT2D eigenvalue weighted by molar-refractivity contribution is 0.590. The number of hydrogen-bond donors (Lipinski definition) is 1. The first-order chi connectivity index (χ1) is 10.3. The first kappa shape index (κ1) is 14.3. The Bertz CT molecular complexity index is 642. The van der Waals surface area contributed by atoms with Gasteiger partial charge in [0.05, 0.1) is 0 Å². The molecule has 1 unspecified atom stereocenters. The highest BCUT2D eigenvalue weighted by Crippen LogP contribution is 2.39. The van der Waals surface area contributed by atoms with Crippen molar-refractivity contribution in [3.8, 4) is 11.1 Å². The molecule has 0 fully saturated rings. The number of benzene rings is 2. The molecule has 1 N–H and O–H groups in total. The van der Waals surface area contributed by atoms with Crippen LogP contribution in [-0.2, 0) is 19.3 Å². The molecule has 0 aliphatic heterocycles. The zero-order valence-electron chi connectivity index (χ0n) is 13.4. The van der Waals surface area contributed by atoms with Crippen molar-refractivity contribution in [2.24, 2.45) is 0 Å². The van der Waals surface area contributed by atoms with Gasteiger partial charge in [0.1, 0.15) is 0 Å². The molecule has 1 aliphatic carbocycles. The molecule has 0 amide bonds. The normalized spacial score (nSPS) is 17.0. The Kier molecular flexibility index (Phi) is 4.12. The maximum atomic E-state index is 3.45. The Morgan fingerprint density at radius 1 is 1.05 bits per heavy atom. The summed E-state index contributed by atoms with van der Waals surface area (Å²) in [7, 11) is 2.07. The van der Waals surface area contributed by atoms with Gasteiger partial charge in [-0.1, -0.05) is 50.2 Å². The molecule has 3 rings (SSSR count). The van der Waals surface area contributed by atoms with E-state index in [1.807, 2.05) is 0 Å². The van der Waals surface area contributed by atoms with Crippen LogP contribution in [0, 0.1) is 0 Å². The van der Waals surface area contributed by atoms with Gasteiger partial charge in [0.15, 0.2) is 0 Å². The molecular weight excluding hydrogens is 254 g/mol. The summed E-state index contributed by atoms with van der Waals surface area (Å²) in [6, 6.07) is 14.4. The van der Waals surface area contributed by atoms with Gasteiger partial charge in [-0.25, -0.2) is 0 Å². The average molecular weight is 279 g/mol. The summed E-state index contributed by atoms with van der Waals surface area (Å²) in [6.07, 6.45) is 4.61. The minimum atomic E-state index is 0.527. The minimum absolute atomic E-state index is 0.527. The van der Waals surface area contributed by atoms with Gasteiger partial charge in [-0.2, -0.15) is 0 Å². The van der Waals surface area contributed by atoms with Crippen LogP contribution in [0.3, 0.4) is 0 Å². The van der Waals surface area contributed by atoms with Crippen LogP contribution in [-0.4, -0.2) is 7.05 Å². The van der Waals surface area contributed by atoms with Gasteiger partial charge in [0.25, 0.3) is 0 Å². The molecule has 21 heavy (non-hydrogen) atoms. The zero-order valence-corrected chi connectivity index (χ0v) is 13.4. The molecule has 1 aliphatic rings. The van der Waals surface area contributed by atoms with Crippen molar-refractivity contribution in [1.82, 2.24) is 5.32 Å². The SMILES string of the molecule is CCc1ccc(CC)c(-c2cccc3c2CCC3NC)c1. The van der Waals surface area contributed by atoms with Crippen LogP contribution >= 0.6 is 0 Å². The number of hydrogen-bond acceptors (Lipinski definition) is 1. The molecule has 0 bridgehead atoms. The van der Waals surface area contributed by atoms with Crippen molar-refractivity contribution in [2.75, 3.05) is 7.05 Å². The van der Waals surface area contributed by atoms with Crippen molar-refractivity contribution >= 4 is 0 Å². The lowest BCUT2D eigenvalue weighted by Gasteiger charge is -2.15. The largest absolute Gasteiger partial charge is 0.313 e. The molecule has 1 atom stereocenters. The molecule has 0 spiro atoms. The maximum absolute atomic E-state index is 3.45. The van der Waals surface area contributed by atoms with E-state index in [0.717, 1.165) is 12.8 Å². The molecule has 0 radical (unpaired) electrons. The smallest absolute Gasteiger partial charge is 0.0323 e. The van der Waals surface area contributed by atoms with Gasteiger partial charge in [0.2, 0.25) is 0 Å². The van der Waals surface area contributed by atoms with E-state index in [4.69, 9.17) is 0 Å². The highest BCUT2D eigenvalue weighted by molar-refractivity contribution is 5.73. The van der Waals surface area contributed by atoms with Crippen LogP contribution in [0.5, 0.6) is 0 Å². The van der Waals surface area contributed by atoms with E-state index < -0.39 is 0 Å². The Morgan fingerprint density at radius 2 is 1.90 bits per heavy atom. The van der Waals surface area contributed by atoms with Crippen molar-refractivity contribution in [3.05, 3.63) is 58.7 Å². The molecule has 110 valence electrons. The van der Waals surface area contributed by atoms with Crippen LogP contribution in [0.25, 0.3) is 11.1 Å². The van der Waals surface area contributed by atoms with Crippen molar-refractivity contribution < 1.29 is 0 Å². The second kappa shape index (κ2) is 6.03. The second-order valence-corrected chi connectivity index (χ2v) is 5.95. The Labute approximate surface area is 128 Å². The maximum Gasteiger partial charge on any atom is 0.0323 e. The van der Waals surface area contributed by atoms with E-state index in [9.17, 15) is 0 Å².